The first-order valence-electron chi connectivity index (χ1n) is 9.62. The average Bonchev–Trinajstić information content (AvgIpc) is 2.52. The van der Waals surface area contributed by atoms with Gasteiger partial charge in [0.25, 0.3) is 0 Å². The predicted octanol–water partition coefficient (Wildman–Crippen LogP) is 6.91. The van der Waals surface area contributed by atoms with Gasteiger partial charge in [0.2, 0.25) is 0 Å². The Morgan fingerprint density at radius 2 is 1.54 bits per heavy atom. The maximum Gasteiger partial charge on any atom is 0.131 e. The number of rotatable bonds is 1. The lowest BCUT2D eigenvalue weighted by Crippen LogP contribution is -2.24. The van der Waals surface area contributed by atoms with E-state index >= 15 is 0 Å². The SMILES string of the molecule is Cc1ccccc1C1=Cc2cc(C(C)(C)C)cc(C(C)(C)C)c2O[C@H]1C. The predicted molar refractivity (Wildman–Crippen MR) is 113 cm³/mol. The van der Waals surface area contributed by atoms with Crippen molar-refractivity contribution in [2.75, 3.05) is 0 Å². The molecule has 0 aromatic heterocycles. The van der Waals surface area contributed by atoms with Crippen molar-refractivity contribution >= 4 is 11.6 Å². The third kappa shape index (κ3) is 3.45. The largest absolute Gasteiger partial charge is 0.485 e. The van der Waals surface area contributed by atoms with Gasteiger partial charge in [-0.15, -0.1) is 0 Å². The number of benzene rings is 2. The number of hydrogen-bond acceptors (Lipinski definition) is 1. The summed E-state index contributed by atoms with van der Waals surface area (Å²) >= 11 is 0. The van der Waals surface area contributed by atoms with E-state index in [1.54, 1.807) is 0 Å². The molecule has 0 amide bonds. The van der Waals surface area contributed by atoms with Crippen LogP contribution in [-0.2, 0) is 10.8 Å². The summed E-state index contributed by atoms with van der Waals surface area (Å²) < 4.78 is 6.51. The third-order valence-electron chi connectivity index (χ3n) is 5.29. The quantitative estimate of drug-likeness (QED) is 0.544. The first-order chi connectivity index (χ1) is 12.0. The summed E-state index contributed by atoms with van der Waals surface area (Å²) in [5.74, 6) is 1.05. The van der Waals surface area contributed by atoms with Crippen molar-refractivity contribution in [1.82, 2.24) is 0 Å². The van der Waals surface area contributed by atoms with Gasteiger partial charge in [-0.2, -0.15) is 0 Å². The first kappa shape index (κ1) is 18.8. The molecule has 0 bridgehead atoms. The highest BCUT2D eigenvalue weighted by Gasteiger charge is 2.30. The molecular weight excluding hydrogens is 316 g/mol. The topological polar surface area (TPSA) is 9.23 Å². The van der Waals surface area contributed by atoms with Crippen LogP contribution >= 0.6 is 0 Å². The molecule has 0 N–H and O–H groups in total. The Hall–Kier alpha value is -2.02. The van der Waals surface area contributed by atoms with Crippen LogP contribution in [0.3, 0.4) is 0 Å². The highest BCUT2D eigenvalue weighted by molar-refractivity contribution is 5.89. The molecular formula is C25H32O. The summed E-state index contributed by atoms with van der Waals surface area (Å²) in [5, 5.41) is 0. The second kappa shape index (κ2) is 6.30. The van der Waals surface area contributed by atoms with E-state index < -0.39 is 0 Å². The van der Waals surface area contributed by atoms with E-state index in [-0.39, 0.29) is 16.9 Å². The van der Waals surface area contributed by atoms with Crippen molar-refractivity contribution in [2.45, 2.75) is 72.3 Å². The first-order valence-corrected chi connectivity index (χ1v) is 9.62. The summed E-state index contributed by atoms with van der Waals surface area (Å²) in [4.78, 5) is 0. The summed E-state index contributed by atoms with van der Waals surface area (Å²) in [6, 6.07) is 13.2. The zero-order valence-electron chi connectivity index (χ0n) is 17.5. The minimum absolute atomic E-state index is 0.0407. The standard InChI is InChI=1S/C25H32O/c1-16-11-9-10-12-20(16)21-14-18-13-19(24(3,4)5)15-22(25(6,7)8)23(18)26-17(21)2/h9-15,17H,1-8H3/t17-/m0/s1. The molecule has 1 heterocycles. The van der Waals surface area contributed by atoms with Crippen LogP contribution in [0.25, 0.3) is 11.6 Å². The number of ether oxygens (including phenoxy) is 1. The van der Waals surface area contributed by atoms with Crippen LogP contribution in [0.1, 0.15) is 76.3 Å². The Morgan fingerprint density at radius 1 is 0.885 bits per heavy atom. The lowest BCUT2D eigenvalue weighted by Gasteiger charge is -2.33. The lowest BCUT2D eigenvalue weighted by atomic mass is 9.78. The van der Waals surface area contributed by atoms with E-state index in [1.807, 2.05) is 0 Å². The molecule has 2 aromatic rings. The van der Waals surface area contributed by atoms with Gasteiger partial charge in [0.05, 0.1) is 0 Å². The van der Waals surface area contributed by atoms with E-state index in [2.05, 4.69) is 97.9 Å². The zero-order chi connectivity index (χ0) is 19.3. The Bertz CT molecular complexity index is 857. The van der Waals surface area contributed by atoms with Crippen molar-refractivity contribution in [3.05, 3.63) is 64.2 Å². The van der Waals surface area contributed by atoms with E-state index in [0.717, 1.165) is 5.75 Å². The molecule has 1 nitrogen and oxygen atoms in total. The molecule has 1 aliphatic rings. The number of fused-ring (bicyclic) bond motifs is 1. The highest BCUT2D eigenvalue weighted by Crippen LogP contribution is 2.44. The maximum atomic E-state index is 6.51. The van der Waals surface area contributed by atoms with Gasteiger partial charge in [-0.05, 0) is 53.5 Å². The van der Waals surface area contributed by atoms with Gasteiger partial charge in [0.1, 0.15) is 11.9 Å². The smallest absolute Gasteiger partial charge is 0.131 e. The second-order valence-corrected chi connectivity index (χ2v) is 9.62. The molecule has 26 heavy (non-hydrogen) atoms. The molecule has 0 aliphatic carbocycles. The summed E-state index contributed by atoms with van der Waals surface area (Å²) in [6.45, 7) is 18.0. The van der Waals surface area contributed by atoms with Crippen molar-refractivity contribution in [3.8, 4) is 5.75 Å². The van der Waals surface area contributed by atoms with Gasteiger partial charge in [-0.3, -0.25) is 0 Å². The Morgan fingerprint density at radius 3 is 2.12 bits per heavy atom. The number of hydrogen-bond donors (Lipinski definition) is 0. The summed E-state index contributed by atoms with van der Waals surface area (Å²) in [7, 11) is 0. The molecule has 0 saturated carbocycles. The molecule has 1 aliphatic heterocycles. The minimum Gasteiger partial charge on any atom is -0.485 e. The van der Waals surface area contributed by atoms with E-state index in [4.69, 9.17) is 4.74 Å². The average molecular weight is 349 g/mol. The lowest BCUT2D eigenvalue weighted by molar-refractivity contribution is 0.267. The van der Waals surface area contributed by atoms with E-state index in [1.165, 1.54) is 33.4 Å². The molecule has 3 rings (SSSR count). The monoisotopic (exact) mass is 348 g/mol. The van der Waals surface area contributed by atoms with Crippen LogP contribution in [0.2, 0.25) is 0 Å². The molecule has 2 aromatic carbocycles. The number of aryl methyl sites for hydroxylation is 1. The molecule has 0 saturated heterocycles. The molecule has 1 atom stereocenters. The fourth-order valence-corrected chi connectivity index (χ4v) is 3.60. The van der Waals surface area contributed by atoms with Crippen LogP contribution in [-0.4, -0.2) is 6.10 Å². The Balaban J connectivity index is 2.26. The fourth-order valence-electron chi connectivity index (χ4n) is 3.60. The molecule has 0 fully saturated rings. The molecule has 0 spiro atoms. The van der Waals surface area contributed by atoms with Crippen molar-refractivity contribution in [3.63, 3.8) is 0 Å². The van der Waals surface area contributed by atoms with Gasteiger partial charge in [0, 0.05) is 16.7 Å². The van der Waals surface area contributed by atoms with Crippen LogP contribution < -0.4 is 4.74 Å². The molecule has 138 valence electrons. The van der Waals surface area contributed by atoms with Crippen LogP contribution in [0.4, 0.5) is 0 Å². The zero-order valence-corrected chi connectivity index (χ0v) is 17.5. The third-order valence-corrected chi connectivity index (χ3v) is 5.29. The highest BCUT2D eigenvalue weighted by atomic mass is 16.5. The van der Waals surface area contributed by atoms with Gasteiger partial charge in [-0.1, -0.05) is 71.9 Å². The molecule has 0 unspecified atom stereocenters. The van der Waals surface area contributed by atoms with Crippen molar-refractivity contribution in [1.29, 1.82) is 0 Å². The summed E-state index contributed by atoms with van der Waals surface area (Å²) in [6.07, 6.45) is 2.39. The molecule has 1 heteroatoms. The minimum atomic E-state index is 0.0407. The van der Waals surface area contributed by atoms with Crippen molar-refractivity contribution < 1.29 is 4.74 Å². The van der Waals surface area contributed by atoms with Gasteiger partial charge < -0.3 is 4.74 Å². The maximum absolute atomic E-state index is 6.51. The van der Waals surface area contributed by atoms with Crippen LogP contribution in [0.15, 0.2) is 36.4 Å². The second-order valence-electron chi connectivity index (χ2n) is 9.62. The van der Waals surface area contributed by atoms with Crippen molar-refractivity contribution in [2.24, 2.45) is 0 Å². The fraction of sp³-hybridized carbons (Fsp3) is 0.440. The van der Waals surface area contributed by atoms with Crippen LogP contribution in [0, 0.1) is 6.92 Å². The Labute approximate surface area is 159 Å². The molecule has 0 radical (unpaired) electrons. The Kier molecular flexibility index (Phi) is 4.55. The van der Waals surface area contributed by atoms with Crippen LogP contribution in [0.5, 0.6) is 5.75 Å². The summed E-state index contributed by atoms with van der Waals surface area (Å²) in [5.41, 5.74) is 7.85. The van der Waals surface area contributed by atoms with Gasteiger partial charge in [0.15, 0.2) is 0 Å². The van der Waals surface area contributed by atoms with E-state index in [9.17, 15) is 0 Å². The van der Waals surface area contributed by atoms with Gasteiger partial charge >= 0.3 is 0 Å². The normalized spacial score (nSPS) is 17.4. The van der Waals surface area contributed by atoms with Gasteiger partial charge in [-0.25, -0.2) is 0 Å². The van der Waals surface area contributed by atoms with E-state index in [0.29, 0.717) is 0 Å².